The first-order chi connectivity index (χ1) is 12.6. The molecule has 1 atom stereocenters. The van der Waals surface area contributed by atoms with Crippen LogP contribution in [-0.2, 0) is 11.0 Å². The summed E-state index contributed by atoms with van der Waals surface area (Å²) in [6, 6.07) is 0. The minimum Gasteiger partial charge on any atom is -0.510 e. The van der Waals surface area contributed by atoms with E-state index in [1.165, 1.54) is 17.5 Å². The first-order valence-corrected chi connectivity index (χ1v) is 10.3. The van der Waals surface area contributed by atoms with E-state index < -0.39 is 11.0 Å². The molecule has 1 unspecified atom stereocenters. The van der Waals surface area contributed by atoms with Crippen molar-refractivity contribution in [2.24, 2.45) is 27.4 Å². The molecular weight excluding hydrogens is 386 g/mol. The zero-order valence-electron chi connectivity index (χ0n) is 16.1. The Bertz CT molecular complexity index is 721. The van der Waals surface area contributed by atoms with E-state index in [1.807, 2.05) is 0 Å². The molecule has 1 aromatic heterocycles. The first kappa shape index (κ1) is 24.8. The summed E-state index contributed by atoms with van der Waals surface area (Å²) in [6.07, 6.45) is 2.78. The number of hydrogen-bond donors (Lipinski definition) is 5. The average molecular weight is 416 g/mol. The van der Waals surface area contributed by atoms with Gasteiger partial charge in [-0.15, -0.1) is 11.3 Å². The predicted octanol–water partition coefficient (Wildman–Crippen LogP) is 2.72. The van der Waals surface area contributed by atoms with E-state index in [9.17, 15) is 14.4 Å². The van der Waals surface area contributed by atoms with Crippen LogP contribution in [0.5, 0.6) is 5.75 Å². The van der Waals surface area contributed by atoms with E-state index in [0.29, 0.717) is 6.54 Å². The van der Waals surface area contributed by atoms with Gasteiger partial charge in [0, 0.05) is 11.9 Å². The minimum absolute atomic E-state index is 0.0301. The highest BCUT2D eigenvalue weighted by atomic mass is 32.2. The highest BCUT2D eigenvalue weighted by Gasteiger charge is 2.16. The van der Waals surface area contributed by atoms with Crippen molar-refractivity contribution in [2.45, 2.75) is 31.9 Å². The second-order valence-electron chi connectivity index (χ2n) is 5.85. The maximum atomic E-state index is 11.8. The third-order valence-electron chi connectivity index (χ3n) is 2.38. The summed E-state index contributed by atoms with van der Waals surface area (Å²) >= 11 is 1.09. The topological polar surface area (TPSA) is 146 Å². The SMILES string of the molecule is C=C/C=C(\O)CN=C(N)C(N)=Nc1csc(S(=O)NCC)c1O.CC(C)C. The first-order valence-electron chi connectivity index (χ1n) is 8.24. The lowest BCUT2D eigenvalue weighted by molar-refractivity contribution is 0.404. The lowest BCUT2D eigenvalue weighted by atomic mass is 10.3. The van der Waals surface area contributed by atoms with Crippen molar-refractivity contribution >= 4 is 39.7 Å². The fraction of sp³-hybridized carbons (Fsp3) is 0.412. The molecule has 27 heavy (non-hydrogen) atoms. The molecule has 0 aliphatic heterocycles. The van der Waals surface area contributed by atoms with Gasteiger partial charge in [0.15, 0.2) is 21.6 Å². The zero-order valence-corrected chi connectivity index (χ0v) is 17.7. The summed E-state index contributed by atoms with van der Waals surface area (Å²) in [5.74, 6) is 0.371. The van der Waals surface area contributed by atoms with E-state index in [2.05, 4.69) is 42.1 Å². The summed E-state index contributed by atoms with van der Waals surface area (Å²) in [6.45, 7) is 12.2. The van der Waals surface area contributed by atoms with Crippen LogP contribution >= 0.6 is 11.3 Å². The largest absolute Gasteiger partial charge is 0.510 e. The van der Waals surface area contributed by atoms with Crippen molar-refractivity contribution < 1.29 is 14.4 Å². The van der Waals surface area contributed by atoms with Gasteiger partial charge in [-0.3, -0.25) is 4.99 Å². The van der Waals surface area contributed by atoms with Gasteiger partial charge in [0.2, 0.25) is 0 Å². The van der Waals surface area contributed by atoms with Crippen LogP contribution in [0, 0.1) is 5.92 Å². The molecule has 1 heterocycles. The summed E-state index contributed by atoms with van der Waals surface area (Å²) in [5.41, 5.74) is 11.5. The van der Waals surface area contributed by atoms with Crippen LogP contribution in [0.25, 0.3) is 0 Å². The number of aliphatic hydroxyl groups excluding tert-OH is 1. The van der Waals surface area contributed by atoms with Gasteiger partial charge >= 0.3 is 0 Å². The molecule has 0 aromatic carbocycles. The van der Waals surface area contributed by atoms with Gasteiger partial charge in [-0.25, -0.2) is 13.9 Å². The van der Waals surface area contributed by atoms with Gasteiger partial charge < -0.3 is 21.7 Å². The molecule has 0 saturated carbocycles. The molecule has 0 radical (unpaired) electrons. The zero-order chi connectivity index (χ0) is 21.0. The van der Waals surface area contributed by atoms with Gasteiger partial charge in [0.1, 0.15) is 22.4 Å². The molecule has 0 spiro atoms. The van der Waals surface area contributed by atoms with E-state index in [4.69, 9.17) is 11.5 Å². The summed E-state index contributed by atoms with van der Waals surface area (Å²) in [7, 11) is -1.51. The van der Waals surface area contributed by atoms with Crippen LogP contribution in [0.3, 0.4) is 0 Å². The Morgan fingerprint density at radius 1 is 1.41 bits per heavy atom. The maximum Gasteiger partial charge on any atom is 0.170 e. The number of nitrogens with one attached hydrogen (secondary N) is 1. The van der Waals surface area contributed by atoms with Gasteiger partial charge in [-0.1, -0.05) is 40.3 Å². The molecule has 0 aliphatic rings. The van der Waals surface area contributed by atoms with Crippen molar-refractivity contribution in [3.8, 4) is 5.75 Å². The van der Waals surface area contributed by atoms with Crippen LogP contribution in [-0.4, -0.2) is 39.2 Å². The molecule has 0 saturated heterocycles. The molecule has 8 nitrogen and oxygen atoms in total. The second-order valence-corrected chi connectivity index (χ2v) is 8.22. The third-order valence-corrected chi connectivity index (χ3v) is 4.95. The predicted molar refractivity (Wildman–Crippen MR) is 115 cm³/mol. The Hall–Kier alpha value is -2.17. The Labute approximate surface area is 167 Å². The van der Waals surface area contributed by atoms with Crippen molar-refractivity contribution in [1.29, 1.82) is 0 Å². The number of nitrogens with zero attached hydrogens (tertiary/aromatic N) is 2. The molecule has 0 aliphatic carbocycles. The number of hydrogen-bond acceptors (Lipinski definition) is 6. The molecule has 10 heteroatoms. The maximum absolute atomic E-state index is 11.8. The van der Waals surface area contributed by atoms with E-state index in [0.717, 1.165) is 17.3 Å². The summed E-state index contributed by atoms with van der Waals surface area (Å²) in [4.78, 5) is 7.82. The fourth-order valence-corrected chi connectivity index (χ4v) is 3.30. The number of aliphatic imine (C=N–C) groups is 2. The molecule has 152 valence electrons. The molecule has 7 N–H and O–H groups in total. The van der Waals surface area contributed by atoms with Crippen molar-refractivity contribution in [3.05, 3.63) is 29.9 Å². The number of amidine groups is 2. The van der Waals surface area contributed by atoms with Crippen molar-refractivity contribution in [1.82, 2.24) is 4.72 Å². The Morgan fingerprint density at radius 3 is 2.52 bits per heavy atom. The van der Waals surface area contributed by atoms with Gasteiger partial charge in [-0.05, 0) is 12.0 Å². The van der Waals surface area contributed by atoms with Gasteiger partial charge in [0.05, 0.1) is 6.54 Å². The number of thiophene rings is 1. The highest BCUT2D eigenvalue weighted by Crippen LogP contribution is 2.38. The molecule has 1 rings (SSSR count). The molecule has 0 amide bonds. The van der Waals surface area contributed by atoms with Gasteiger partial charge in [0.25, 0.3) is 0 Å². The standard InChI is InChI=1S/C13H19N5O3S2.C4H10/c1-3-5-8(19)6-16-11(14)12(15)18-9-7-22-13(10(9)20)23(21)17-4-2;1-4(2)3/h3,5,7,17,19-20H,1,4,6H2,2H3,(H2,14,16)(H2,15,18);4H,1-3H3/b8-5-;. The van der Waals surface area contributed by atoms with E-state index in [1.54, 1.807) is 6.92 Å². The van der Waals surface area contributed by atoms with E-state index >= 15 is 0 Å². The lowest BCUT2D eigenvalue weighted by Gasteiger charge is -2.01. The highest BCUT2D eigenvalue weighted by molar-refractivity contribution is 7.85. The lowest BCUT2D eigenvalue weighted by Crippen LogP contribution is -2.31. The quantitative estimate of drug-likeness (QED) is 0.201. The number of allylic oxidation sites excluding steroid dienone is 2. The van der Waals surface area contributed by atoms with Crippen LogP contribution in [0.4, 0.5) is 5.69 Å². The monoisotopic (exact) mass is 415 g/mol. The van der Waals surface area contributed by atoms with Crippen molar-refractivity contribution in [2.75, 3.05) is 13.1 Å². The summed E-state index contributed by atoms with van der Waals surface area (Å²) in [5, 5.41) is 20.9. The van der Waals surface area contributed by atoms with Crippen molar-refractivity contribution in [3.63, 3.8) is 0 Å². The van der Waals surface area contributed by atoms with E-state index in [-0.39, 0.29) is 39.6 Å². The molecule has 1 aromatic rings. The number of aromatic hydroxyl groups is 1. The Balaban J connectivity index is 0.00000153. The minimum atomic E-state index is -1.51. The fourth-order valence-electron chi connectivity index (χ4n) is 1.36. The number of aliphatic hydroxyl groups is 1. The Kier molecular flexibility index (Phi) is 12.0. The Morgan fingerprint density at radius 2 is 2.00 bits per heavy atom. The smallest absolute Gasteiger partial charge is 0.170 e. The molecule has 0 fully saturated rings. The normalized spacial score (nSPS) is 13.9. The molecular formula is C17H29N5O3S2. The number of rotatable bonds is 7. The molecule has 0 bridgehead atoms. The van der Waals surface area contributed by atoms with Crippen LogP contribution in [0.2, 0.25) is 0 Å². The van der Waals surface area contributed by atoms with Crippen LogP contribution in [0.15, 0.2) is 44.1 Å². The van der Waals surface area contributed by atoms with Gasteiger partial charge in [-0.2, -0.15) is 0 Å². The second kappa shape index (κ2) is 13.1. The third kappa shape index (κ3) is 9.92. The van der Waals surface area contributed by atoms with Crippen LogP contribution < -0.4 is 16.2 Å². The van der Waals surface area contributed by atoms with Crippen LogP contribution in [0.1, 0.15) is 27.7 Å². The number of nitrogens with two attached hydrogens (primary N) is 2. The average Bonchev–Trinajstić information content (AvgIpc) is 2.93. The summed E-state index contributed by atoms with van der Waals surface area (Å²) < 4.78 is 14.8.